The Bertz CT molecular complexity index is 529. The molecule has 0 amide bonds. The van der Waals surface area contributed by atoms with Crippen LogP contribution in [0.1, 0.15) is 24.3 Å². The summed E-state index contributed by atoms with van der Waals surface area (Å²) in [5, 5.41) is 16.1. The maximum Gasteiger partial charge on any atom is 0.107 e. The van der Waals surface area contributed by atoms with Gasteiger partial charge in [0.1, 0.15) is 5.01 Å². The smallest absolute Gasteiger partial charge is 0.107 e. The number of aromatic nitrogens is 1. The maximum atomic E-state index is 9.42. The minimum absolute atomic E-state index is 0.0431. The van der Waals surface area contributed by atoms with Gasteiger partial charge in [-0.25, -0.2) is 4.98 Å². The minimum atomic E-state index is -0.0431. The summed E-state index contributed by atoms with van der Waals surface area (Å²) in [6.07, 6.45) is 3.35. The lowest BCUT2D eigenvalue weighted by molar-refractivity contribution is 0.0872. The summed E-state index contributed by atoms with van der Waals surface area (Å²) >= 11 is 1.67. The molecule has 3 rings (SSSR count). The highest BCUT2D eigenvalue weighted by Gasteiger charge is 2.35. The molecule has 100 valence electrons. The third-order valence-corrected chi connectivity index (χ3v) is 4.70. The summed E-state index contributed by atoms with van der Waals surface area (Å²) in [6, 6.07) is 10.2. The summed E-state index contributed by atoms with van der Waals surface area (Å²) in [5.74, 6) is 0. The lowest BCUT2D eigenvalue weighted by Gasteiger charge is -2.41. The van der Waals surface area contributed by atoms with Gasteiger partial charge < -0.3 is 10.4 Å². The Morgan fingerprint density at radius 3 is 2.68 bits per heavy atom. The number of benzene rings is 1. The van der Waals surface area contributed by atoms with E-state index in [1.165, 1.54) is 6.42 Å². The molecule has 1 heterocycles. The van der Waals surface area contributed by atoms with Crippen molar-refractivity contribution in [2.24, 2.45) is 0 Å². The Kier molecular flexibility index (Phi) is 3.64. The zero-order valence-electron chi connectivity index (χ0n) is 10.8. The second-order valence-electron chi connectivity index (χ2n) is 5.14. The van der Waals surface area contributed by atoms with Crippen molar-refractivity contribution in [3.63, 3.8) is 0 Å². The summed E-state index contributed by atoms with van der Waals surface area (Å²) in [6.45, 7) is 0.974. The quantitative estimate of drug-likeness (QED) is 0.881. The molecule has 1 aromatic heterocycles. The highest BCUT2D eigenvalue weighted by molar-refractivity contribution is 7.09. The van der Waals surface area contributed by atoms with Crippen LogP contribution in [0, 0.1) is 0 Å². The van der Waals surface area contributed by atoms with Gasteiger partial charge in [-0.2, -0.15) is 0 Å². The van der Waals surface area contributed by atoms with E-state index in [-0.39, 0.29) is 12.1 Å². The van der Waals surface area contributed by atoms with E-state index < -0.39 is 0 Å². The van der Waals surface area contributed by atoms with Gasteiger partial charge in [0.2, 0.25) is 0 Å². The predicted molar refractivity (Wildman–Crippen MR) is 78.1 cm³/mol. The topological polar surface area (TPSA) is 45.1 Å². The van der Waals surface area contributed by atoms with Crippen LogP contribution in [0.3, 0.4) is 0 Å². The Labute approximate surface area is 117 Å². The van der Waals surface area contributed by atoms with Gasteiger partial charge in [0.25, 0.3) is 0 Å². The van der Waals surface area contributed by atoms with Crippen LogP contribution in [-0.4, -0.2) is 22.2 Å². The lowest BCUT2D eigenvalue weighted by Crippen LogP contribution is -2.53. The van der Waals surface area contributed by atoms with Crippen LogP contribution < -0.4 is 5.32 Å². The summed E-state index contributed by atoms with van der Waals surface area (Å²) < 4.78 is 0. The van der Waals surface area contributed by atoms with Gasteiger partial charge in [0, 0.05) is 23.0 Å². The van der Waals surface area contributed by atoms with Crippen molar-refractivity contribution in [1.29, 1.82) is 0 Å². The third kappa shape index (κ3) is 2.71. The largest absolute Gasteiger partial charge is 0.394 e. The van der Waals surface area contributed by atoms with Crippen LogP contribution in [0.2, 0.25) is 0 Å². The van der Waals surface area contributed by atoms with Crippen molar-refractivity contribution >= 4 is 11.3 Å². The van der Waals surface area contributed by atoms with Crippen LogP contribution in [0.5, 0.6) is 0 Å². The Morgan fingerprint density at radius 1 is 1.26 bits per heavy atom. The number of aliphatic hydroxyl groups is 1. The highest BCUT2D eigenvalue weighted by Crippen LogP contribution is 2.32. The molecule has 1 aliphatic carbocycles. The number of hydrogen-bond donors (Lipinski definition) is 2. The van der Waals surface area contributed by atoms with E-state index in [9.17, 15) is 5.11 Å². The molecule has 1 aliphatic rings. The minimum Gasteiger partial charge on any atom is -0.394 e. The van der Waals surface area contributed by atoms with Gasteiger partial charge in [-0.1, -0.05) is 30.3 Å². The van der Waals surface area contributed by atoms with E-state index in [0.717, 1.165) is 35.7 Å². The van der Waals surface area contributed by atoms with E-state index in [1.54, 1.807) is 11.3 Å². The molecule has 4 heteroatoms. The van der Waals surface area contributed by atoms with Gasteiger partial charge in [-0.05, 0) is 19.3 Å². The van der Waals surface area contributed by atoms with E-state index in [0.29, 0.717) is 0 Å². The molecular weight excluding hydrogens is 256 g/mol. The van der Waals surface area contributed by atoms with Crippen LogP contribution >= 0.6 is 11.3 Å². The standard InChI is InChI=1S/C15H18N2OS/c18-11-15(7-4-8-15)16-9-14-17-13(10-19-14)12-5-2-1-3-6-12/h1-3,5-6,10,16,18H,4,7-9,11H2. The van der Waals surface area contributed by atoms with Crippen molar-refractivity contribution in [2.75, 3.05) is 6.61 Å². The fraction of sp³-hybridized carbons (Fsp3) is 0.400. The molecular formula is C15H18N2OS. The molecule has 2 aromatic rings. The average molecular weight is 274 g/mol. The molecule has 3 nitrogen and oxygen atoms in total. The number of aliphatic hydroxyl groups excluding tert-OH is 1. The van der Waals surface area contributed by atoms with Gasteiger partial charge in [0.05, 0.1) is 12.3 Å². The molecule has 1 aromatic carbocycles. The normalized spacial score (nSPS) is 17.1. The molecule has 1 saturated carbocycles. The molecule has 0 unspecified atom stereocenters. The Balaban J connectivity index is 1.65. The van der Waals surface area contributed by atoms with Crippen molar-refractivity contribution in [1.82, 2.24) is 10.3 Å². The van der Waals surface area contributed by atoms with Crippen molar-refractivity contribution < 1.29 is 5.11 Å². The zero-order valence-corrected chi connectivity index (χ0v) is 11.6. The molecule has 0 saturated heterocycles. The van der Waals surface area contributed by atoms with Gasteiger partial charge in [0.15, 0.2) is 0 Å². The third-order valence-electron chi connectivity index (χ3n) is 3.85. The Hall–Kier alpha value is -1.23. The lowest BCUT2D eigenvalue weighted by atomic mass is 9.77. The van der Waals surface area contributed by atoms with Crippen molar-refractivity contribution in [2.45, 2.75) is 31.3 Å². The first kappa shape index (κ1) is 12.8. The fourth-order valence-corrected chi connectivity index (χ4v) is 3.13. The highest BCUT2D eigenvalue weighted by atomic mass is 32.1. The first-order chi connectivity index (χ1) is 9.31. The molecule has 0 spiro atoms. The first-order valence-corrected chi connectivity index (χ1v) is 7.55. The van der Waals surface area contributed by atoms with E-state index in [2.05, 4.69) is 27.8 Å². The molecule has 0 aliphatic heterocycles. The molecule has 0 atom stereocenters. The molecule has 1 fully saturated rings. The number of hydrogen-bond acceptors (Lipinski definition) is 4. The van der Waals surface area contributed by atoms with Crippen molar-refractivity contribution in [3.05, 3.63) is 40.7 Å². The molecule has 2 N–H and O–H groups in total. The number of thiazole rings is 1. The van der Waals surface area contributed by atoms with Crippen LogP contribution in [-0.2, 0) is 6.54 Å². The summed E-state index contributed by atoms with van der Waals surface area (Å²) in [7, 11) is 0. The number of rotatable bonds is 5. The zero-order chi connectivity index (χ0) is 13.1. The maximum absolute atomic E-state index is 9.42. The van der Waals surface area contributed by atoms with Gasteiger partial charge in [-0.15, -0.1) is 11.3 Å². The predicted octanol–water partition coefficient (Wildman–Crippen LogP) is 2.81. The fourth-order valence-electron chi connectivity index (χ4n) is 2.39. The van der Waals surface area contributed by atoms with E-state index in [1.807, 2.05) is 18.2 Å². The van der Waals surface area contributed by atoms with Gasteiger partial charge in [-0.3, -0.25) is 0 Å². The monoisotopic (exact) mass is 274 g/mol. The van der Waals surface area contributed by atoms with Crippen LogP contribution in [0.15, 0.2) is 35.7 Å². The van der Waals surface area contributed by atoms with E-state index in [4.69, 9.17) is 0 Å². The van der Waals surface area contributed by atoms with Crippen LogP contribution in [0.4, 0.5) is 0 Å². The molecule has 0 bridgehead atoms. The number of nitrogens with one attached hydrogen (secondary N) is 1. The second kappa shape index (κ2) is 5.41. The first-order valence-electron chi connectivity index (χ1n) is 6.67. The Morgan fingerprint density at radius 2 is 2.05 bits per heavy atom. The van der Waals surface area contributed by atoms with Crippen molar-refractivity contribution in [3.8, 4) is 11.3 Å². The van der Waals surface area contributed by atoms with E-state index >= 15 is 0 Å². The summed E-state index contributed by atoms with van der Waals surface area (Å²) in [4.78, 5) is 4.65. The average Bonchev–Trinajstić information content (AvgIpc) is 2.88. The van der Waals surface area contributed by atoms with Crippen LogP contribution in [0.25, 0.3) is 11.3 Å². The molecule has 0 radical (unpaired) electrons. The SMILES string of the molecule is OCC1(NCc2nc(-c3ccccc3)cs2)CCC1. The second-order valence-corrected chi connectivity index (χ2v) is 6.08. The molecule has 19 heavy (non-hydrogen) atoms. The van der Waals surface area contributed by atoms with Gasteiger partial charge >= 0.3 is 0 Å². The number of nitrogens with zero attached hydrogens (tertiary/aromatic N) is 1. The summed E-state index contributed by atoms with van der Waals surface area (Å²) in [5.41, 5.74) is 2.15.